The van der Waals surface area contributed by atoms with Crippen LogP contribution in [-0.4, -0.2) is 41.7 Å². The summed E-state index contributed by atoms with van der Waals surface area (Å²) in [7, 11) is 1.76. The fourth-order valence-electron chi connectivity index (χ4n) is 3.38. The molecular weight excluding hydrogens is 294 g/mol. The van der Waals surface area contributed by atoms with Gasteiger partial charge in [0.25, 0.3) is 0 Å². The van der Waals surface area contributed by atoms with Crippen LogP contribution in [-0.2, 0) is 24.4 Å². The van der Waals surface area contributed by atoms with Crippen LogP contribution in [0.1, 0.15) is 11.3 Å². The lowest BCUT2D eigenvalue weighted by Gasteiger charge is -2.23. The van der Waals surface area contributed by atoms with Crippen LogP contribution in [0.15, 0.2) is 30.5 Å². The molecule has 0 aliphatic carbocycles. The van der Waals surface area contributed by atoms with Gasteiger partial charge in [-0.25, -0.2) is 0 Å². The first-order chi connectivity index (χ1) is 11.3. The Labute approximate surface area is 135 Å². The van der Waals surface area contributed by atoms with E-state index in [0.717, 1.165) is 44.3 Å². The molecule has 1 unspecified atom stereocenters. The second-order valence-electron chi connectivity index (χ2n) is 6.18. The van der Waals surface area contributed by atoms with Gasteiger partial charge in [-0.2, -0.15) is 5.10 Å². The van der Waals surface area contributed by atoms with E-state index in [9.17, 15) is 0 Å². The molecule has 0 saturated carbocycles. The minimum absolute atomic E-state index is 0.317. The molecule has 2 aliphatic rings. The Kier molecular flexibility index (Phi) is 3.93. The highest BCUT2D eigenvalue weighted by molar-refractivity contribution is 5.44. The van der Waals surface area contributed by atoms with E-state index in [0.29, 0.717) is 12.7 Å². The van der Waals surface area contributed by atoms with Crippen LogP contribution < -0.4 is 9.47 Å². The molecule has 4 rings (SSSR count). The Morgan fingerprint density at radius 2 is 2.13 bits per heavy atom. The minimum atomic E-state index is 0.317. The molecule has 0 spiro atoms. The third-order valence-corrected chi connectivity index (χ3v) is 4.38. The van der Waals surface area contributed by atoms with Crippen LogP contribution in [0.5, 0.6) is 11.5 Å². The average Bonchev–Trinajstić information content (AvgIpc) is 3.13. The van der Waals surface area contributed by atoms with E-state index >= 15 is 0 Å². The summed E-state index contributed by atoms with van der Waals surface area (Å²) in [5.74, 6) is 2.12. The van der Waals surface area contributed by atoms with Gasteiger partial charge in [-0.05, 0) is 23.8 Å². The predicted octanol–water partition coefficient (Wildman–Crippen LogP) is 1.89. The highest BCUT2D eigenvalue weighted by Crippen LogP contribution is 2.33. The van der Waals surface area contributed by atoms with Crippen molar-refractivity contribution in [1.82, 2.24) is 14.7 Å². The Balaban J connectivity index is 1.53. The molecule has 1 atom stereocenters. The normalized spacial score (nSPS) is 20.3. The molecule has 23 heavy (non-hydrogen) atoms. The van der Waals surface area contributed by atoms with Gasteiger partial charge >= 0.3 is 0 Å². The summed E-state index contributed by atoms with van der Waals surface area (Å²) in [6, 6.07) is 8.28. The van der Waals surface area contributed by atoms with Gasteiger partial charge < -0.3 is 14.2 Å². The van der Waals surface area contributed by atoms with Crippen molar-refractivity contribution in [3.63, 3.8) is 0 Å². The van der Waals surface area contributed by atoms with E-state index in [2.05, 4.69) is 32.9 Å². The first-order valence-electron chi connectivity index (χ1n) is 7.92. The molecule has 0 amide bonds. The standard InChI is InChI=1S/C17H21N3O3/c1-21-11-14-8-19(10-15-4-5-18-20(15)9-14)7-13-2-3-16-17(6-13)23-12-22-16/h2-6,14H,7-12H2,1H3. The molecule has 0 N–H and O–H groups in total. The number of aromatic nitrogens is 2. The SMILES string of the molecule is COCC1CN(Cc2ccc3c(c2)OCO3)Cc2ccnn2C1. The summed E-state index contributed by atoms with van der Waals surface area (Å²) in [5.41, 5.74) is 2.49. The van der Waals surface area contributed by atoms with Gasteiger partial charge in [-0.15, -0.1) is 0 Å². The van der Waals surface area contributed by atoms with E-state index in [-0.39, 0.29) is 0 Å². The number of hydrogen-bond acceptors (Lipinski definition) is 5. The van der Waals surface area contributed by atoms with Crippen molar-refractivity contribution in [2.24, 2.45) is 5.92 Å². The fourth-order valence-corrected chi connectivity index (χ4v) is 3.38. The molecule has 0 saturated heterocycles. The molecule has 122 valence electrons. The van der Waals surface area contributed by atoms with Gasteiger partial charge in [-0.1, -0.05) is 6.07 Å². The first-order valence-corrected chi connectivity index (χ1v) is 7.92. The number of hydrogen-bond donors (Lipinski definition) is 0. The predicted molar refractivity (Wildman–Crippen MR) is 84.3 cm³/mol. The number of benzene rings is 1. The summed E-state index contributed by atoms with van der Waals surface area (Å²) < 4.78 is 18.3. The van der Waals surface area contributed by atoms with Crippen molar-refractivity contribution < 1.29 is 14.2 Å². The largest absolute Gasteiger partial charge is 0.454 e. The lowest BCUT2D eigenvalue weighted by molar-refractivity contribution is 0.114. The van der Waals surface area contributed by atoms with Gasteiger partial charge in [0.1, 0.15) is 0 Å². The van der Waals surface area contributed by atoms with Gasteiger partial charge in [0.15, 0.2) is 11.5 Å². The Hall–Kier alpha value is -2.05. The molecule has 2 aromatic rings. The lowest BCUT2D eigenvalue weighted by atomic mass is 10.1. The van der Waals surface area contributed by atoms with Crippen LogP contribution >= 0.6 is 0 Å². The Morgan fingerprint density at radius 1 is 1.22 bits per heavy atom. The van der Waals surface area contributed by atoms with Crippen LogP contribution in [0.25, 0.3) is 0 Å². The first kappa shape index (κ1) is 14.5. The van der Waals surface area contributed by atoms with Crippen molar-refractivity contribution in [2.45, 2.75) is 19.6 Å². The van der Waals surface area contributed by atoms with E-state index in [1.54, 1.807) is 7.11 Å². The zero-order valence-corrected chi connectivity index (χ0v) is 13.3. The van der Waals surface area contributed by atoms with E-state index in [4.69, 9.17) is 14.2 Å². The van der Waals surface area contributed by atoms with E-state index in [1.807, 2.05) is 12.3 Å². The average molecular weight is 315 g/mol. The molecule has 0 bridgehead atoms. The molecule has 1 aromatic carbocycles. The molecule has 3 heterocycles. The monoisotopic (exact) mass is 315 g/mol. The van der Waals surface area contributed by atoms with Crippen molar-refractivity contribution in [3.8, 4) is 11.5 Å². The van der Waals surface area contributed by atoms with Crippen molar-refractivity contribution in [1.29, 1.82) is 0 Å². The zero-order chi connectivity index (χ0) is 15.6. The van der Waals surface area contributed by atoms with E-state index in [1.165, 1.54) is 11.3 Å². The molecule has 6 nitrogen and oxygen atoms in total. The summed E-state index contributed by atoms with van der Waals surface area (Å²) in [4.78, 5) is 2.45. The topological polar surface area (TPSA) is 48.8 Å². The highest BCUT2D eigenvalue weighted by Gasteiger charge is 2.23. The fraction of sp³-hybridized carbons (Fsp3) is 0.471. The third-order valence-electron chi connectivity index (χ3n) is 4.38. The molecule has 1 aromatic heterocycles. The number of rotatable bonds is 4. The molecule has 0 fully saturated rings. The number of ether oxygens (including phenoxy) is 3. The Morgan fingerprint density at radius 3 is 3.04 bits per heavy atom. The third kappa shape index (κ3) is 3.04. The lowest BCUT2D eigenvalue weighted by Crippen LogP contribution is -2.29. The summed E-state index contributed by atoms with van der Waals surface area (Å²) in [6.07, 6.45) is 1.88. The zero-order valence-electron chi connectivity index (χ0n) is 13.3. The smallest absolute Gasteiger partial charge is 0.231 e. The molecule has 6 heteroatoms. The van der Waals surface area contributed by atoms with Crippen LogP contribution in [0.3, 0.4) is 0 Å². The summed E-state index contributed by atoms with van der Waals surface area (Å²) >= 11 is 0. The molecular formula is C17H21N3O3. The van der Waals surface area contributed by atoms with Crippen molar-refractivity contribution in [3.05, 3.63) is 41.7 Å². The van der Waals surface area contributed by atoms with Gasteiger partial charge in [0.05, 0.1) is 12.3 Å². The van der Waals surface area contributed by atoms with Gasteiger partial charge in [0.2, 0.25) is 6.79 Å². The van der Waals surface area contributed by atoms with Crippen molar-refractivity contribution >= 4 is 0 Å². The second-order valence-corrected chi connectivity index (χ2v) is 6.18. The number of methoxy groups -OCH3 is 1. The van der Waals surface area contributed by atoms with Gasteiger partial charge in [0, 0.05) is 45.4 Å². The molecule has 0 radical (unpaired) electrons. The number of fused-ring (bicyclic) bond motifs is 2. The van der Waals surface area contributed by atoms with Crippen LogP contribution in [0.2, 0.25) is 0 Å². The van der Waals surface area contributed by atoms with Gasteiger partial charge in [-0.3, -0.25) is 9.58 Å². The van der Waals surface area contributed by atoms with E-state index < -0.39 is 0 Å². The molecule has 2 aliphatic heterocycles. The number of nitrogens with zero attached hydrogens (tertiary/aromatic N) is 3. The summed E-state index contributed by atoms with van der Waals surface area (Å²) in [5, 5.41) is 4.44. The highest BCUT2D eigenvalue weighted by atomic mass is 16.7. The Bertz CT molecular complexity index is 685. The maximum Gasteiger partial charge on any atom is 0.231 e. The quantitative estimate of drug-likeness (QED) is 0.862. The summed E-state index contributed by atoms with van der Waals surface area (Å²) in [6.45, 7) is 4.74. The van der Waals surface area contributed by atoms with Crippen LogP contribution in [0.4, 0.5) is 0 Å². The maximum absolute atomic E-state index is 5.48. The van der Waals surface area contributed by atoms with Crippen LogP contribution in [0, 0.1) is 5.92 Å². The maximum atomic E-state index is 5.48. The van der Waals surface area contributed by atoms with Crippen molar-refractivity contribution in [2.75, 3.05) is 27.1 Å². The second kappa shape index (κ2) is 6.22. The minimum Gasteiger partial charge on any atom is -0.454 e.